The van der Waals surface area contributed by atoms with Crippen LogP contribution in [-0.4, -0.2) is 57.1 Å². The summed E-state index contributed by atoms with van der Waals surface area (Å²) in [6.07, 6.45) is 1.96. The molecule has 1 saturated heterocycles. The van der Waals surface area contributed by atoms with E-state index in [0.717, 1.165) is 36.4 Å². The summed E-state index contributed by atoms with van der Waals surface area (Å²) in [6.45, 7) is 3.49. The van der Waals surface area contributed by atoms with Gasteiger partial charge in [0.1, 0.15) is 11.5 Å². The first-order chi connectivity index (χ1) is 12.1. The molecule has 0 radical (unpaired) electrons. The van der Waals surface area contributed by atoms with Crippen molar-refractivity contribution in [2.75, 3.05) is 40.4 Å². The van der Waals surface area contributed by atoms with Crippen LogP contribution in [0.2, 0.25) is 0 Å². The molecule has 25 heavy (non-hydrogen) atoms. The molecule has 1 fully saturated rings. The zero-order valence-electron chi connectivity index (χ0n) is 15.1. The van der Waals surface area contributed by atoms with Gasteiger partial charge in [-0.3, -0.25) is 14.5 Å². The van der Waals surface area contributed by atoms with Crippen LogP contribution in [0, 0.1) is 0 Å². The maximum absolute atomic E-state index is 12.2. The van der Waals surface area contributed by atoms with E-state index in [0.29, 0.717) is 6.54 Å². The van der Waals surface area contributed by atoms with Gasteiger partial charge in [-0.2, -0.15) is 0 Å². The van der Waals surface area contributed by atoms with Gasteiger partial charge in [-0.25, -0.2) is 0 Å². The van der Waals surface area contributed by atoms with Crippen LogP contribution in [0.1, 0.15) is 31.4 Å². The number of rotatable bonds is 8. The Bertz CT molecular complexity index is 606. The molecule has 7 heteroatoms. The predicted molar refractivity (Wildman–Crippen MR) is 94.8 cm³/mol. The van der Waals surface area contributed by atoms with E-state index < -0.39 is 0 Å². The van der Waals surface area contributed by atoms with Gasteiger partial charge >= 0.3 is 0 Å². The molecule has 1 aliphatic heterocycles. The molecular formula is C18H27N3O4. The van der Waals surface area contributed by atoms with E-state index in [2.05, 4.69) is 15.5 Å². The van der Waals surface area contributed by atoms with Crippen LogP contribution in [0.3, 0.4) is 0 Å². The number of ether oxygens (including phenoxy) is 2. The van der Waals surface area contributed by atoms with Crippen LogP contribution in [0.4, 0.5) is 0 Å². The molecule has 0 aliphatic carbocycles. The molecule has 0 spiro atoms. The third kappa shape index (κ3) is 5.09. The lowest BCUT2D eigenvalue weighted by molar-refractivity contribution is -0.126. The molecule has 0 unspecified atom stereocenters. The maximum Gasteiger partial charge on any atom is 0.239 e. The highest BCUT2D eigenvalue weighted by atomic mass is 16.5. The minimum Gasteiger partial charge on any atom is -0.497 e. The third-order valence-electron chi connectivity index (χ3n) is 4.33. The smallest absolute Gasteiger partial charge is 0.239 e. The standard InChI is InChI=1S/C18H27N3O4/c1-4-19-17(22)11-20-18(23)12-21-9-5-6-15(21)14-10-13(24-2)7-8-16(14)25-3/h7-8,10,15H,4-6,9,11-12H2,1-3H3,(H,19,22)(H,20,23)/t15-/m1/s1. The molecule has 0 aromatic heterocycles. The van der Waals surface area contributed by atoms with Crippen molar-refractivity contribution in [2.24, 2.45) is 0 Å². The lowest BCUT2D eigenvalue weighted by Crippen LogP contribution is -2.41. The molecule has 0 bridgehead atoms. The first-order valence-electron chi connectivity index (χ1n) is 8.58. The van der Waals surface area contributed by atoms with Crippen molar-refractivity contribution in [3.05, 3.63) is 23.8 Å². The summed E-state index contributed by atoms with van der Waals surface area (Å²) < 4.78 is 10.8. The summed E-state index contributed by atoms with van der Waals surface area (Å²) in [5.41, 5.74) is 1.02. The number of nitrogens with one attached hydrogen (secondary N) is 2. The van der Waals surface area contributed by atoms with E-state index in [1.54, 1.807) is 14.2 Å². The van der Waals surface area contributed by atoms with Crippen molar-refractivity contribution >= 4 is 11.8 Å². The largest absolute Gasteiger partial charge is 0.497 e. The van der Waals surface area contributed by atoms with E-state index in [-0.39, 0.29) is 30.9 Å². The summed E-state index contributed by atoms with van der Waals surface area (Å²) >= 11 is 0. The number of hydrogen-bond donors (Lipinski definition) is 2. The van der Waals surface area contributed by atoms with Crippen LogP contribution in [0.5, 0.6) is 11.5 Å². The molecule has 7 nitrogen and oxygen atoms in total. The molecule has 1 aromatic rings. The van der Waals surface area contributed by atoms with Crippen molar-refractivity contribution in [3.63, 3.8) is 0 Å². The Morgan fingerprint density at radius 1 is 1.20 bits per heavy atom. The second kappa shape index (κ2) is 9.27. The lowest BCUT2D eigenvalue weighted by Gasteiger charge is -2.26. The Hall–Kier alpha value is -2.28. The fourth-order valence-electron chi connectivity index (χ4n) is 3.15. The molecule has 1 aromatic carbocycles. The molecule has 1 aliphatic rings. The summed E-state index contributed by atoms with van der Waals surface area (Å²) in [4.78, 5) is 25.7. The maximum atomic E-state index is 12.2. The van der Waals surface area contributed by atoms with Crippen LogP contribution < -0.4 is 20.1 Å². The monoisotopic (exact) mass is 349 g/mol. The second-order valence-corrected chi connectivity index (χ2v) is 5.97. The number of likely N-dealkylation sites (N-methyl/N-ethyl adjacent to an activating group) is 1. The van der Waals surface area contributed by atoms with Gasteiger partial charge in [0.2, 0.25) is 11.8 Å². The van der Waals surface area contributed by atoms with Gasteiger partial charge in [0.05, 0.1) is 27.3 Å². The van der Waals surface area contributed by atoms with Crippen LogP contribution in [0.15, 0.2) is 18.2 Å². The van der Waals surface area contributed by atoms with E-state index in [1.165, 1.54) is 0 Å². The summed E-state index contributed by atoms with van der Waals surface area (Å²) in [6, 6.07) is 5.81. The Morgan fingerprint density at radius 2 is 2.00 bits per heavy atom. The zero-order valence-corrected chi connectivity index (χ0v) is 15.1. The first kappa shape index (κ1) is 19.1. The number of benzene rings is 1. The highest BCUT2D eigenvalue weighted by Crippen LogP contribution is 2.38. The first-order valence-corrected chi connectivity index (χ1v) is 8.58. The average Bonchev–Trinajstić information content (AvgIpc) is 3.07. The summed E-state index contributed by atoms with van der Waals surface area (Å²) in [7, 11) is 3.27. The number of carbonyl (C=O) groups excluding carboxylic acids is 2. The third-order valence-corrected chi connectivity index (χ3v) is 4.33. The molecule has 0 saturated carbocycles. The molecular weight excluding hydrogens is 322 g/mol. The van der Waals surface area contributed by atoms with Gasteiger partial charge in [0.25, 0.3) is 0 Å². The van der Waals surface area contributed by atoms with E-state index in [9.17, 15) is 9.59 Å². The Labute approximate surface area is 148 Å². The van der Waals surface area contributed by atoms with Gasteiger partial charge in [0.15, 0.2) is 0 Å². The normalized spacial score (nSPS) is 17.2. The molecule has 2 rings (SSSR count). The van der Waals surface area contributed by atoms with Crippen LogP contribution in [-0.2, 0) is 9.59 Å². The van der Waals surface area contributed by atoms with Crippen molar-refractivity contribution in [3.8, 4) is 11.5 Å². The van der Waals surface area contributed by atoms with Gasteiger partial charge < -0.3 is 20.1 Å². The van der Waals surface area contributed by atoms with E-state index in [4.69, 9.17) is 9.47 Å². The molecule has 2 N–H and O–H groups in total. The second-order valence-electron chi connectivity index (χ2n) is 5.97. The summed E-state index contributed by atoms with van der Waals surface area (Å²) in [5.74, 6) is 1.23. The van der Waals surface area contributed by atoms with Crippen LogP contribution in [0.25, 0.3) is 0 Å². The minimum atomic E-state index is -0.178. The molecule has 1 atom stereocenters. The average molecular weight is 349 g/mol. The number of amides is 2. The number of likely N-dealkylation sites (tertiary alicyclic amines) is 1. The molecule has 2 amide bonds. The van der Waals surface area contributed by atoms with Gasteiger partial charge in [-0.1, -0.05) is 0 Å². The van der Waals surface area contributed by atoms with Crippen molar-refractivity contribution in [1.82, 2.24) is 15.5 Å². The number of nitrogens with zero attached hydrogens (tertiary/aromatic N) is 1. The van der Waals surface area contributed by atoms with Gasteiger partial charge in [-0.05, 0) is 44.5 Å². The number of methoxy groups -OCH3 is 2. The molecule has 1 heterocycles. The Morgan fingerprint density at radius 3 is 2.68 bits per heavy atom. The predicted octanol–water partition coefficient (Wildman–Crippen LogP) is 1.09. The van der Waals surface area contributed by atoms with Crippen molar-refractivity contribution < 1.29 is 19.1 Å². The number of hydrogen-bond acceptors (Lipinski definition) is 5. The van der Waals surface area contributed by atoms with Crippen molar-refractivity contribution in [2.45, 2.75) is 25.8 Å². The highest BCUT2D eigenvalue weighted by molar-refractivity contribution is 5.85. The van der Waals surface area contributed by atoms with E-state index in [1.807, 2.05) is 25.1 Å². The highest BCUT2D eigenvalue weighted by Gasteiger charge is 2.30. The molecule has 138 valence electrons. The van der Waals surface area contributed by atoms with Gasteiger partial charge in [-0.15, -0.1) is 0 Å². The Balaban J connectivity index is 2.02. The topological polar surface area (TPSA) is 79.9 Å². The zero-order chi connectivity index (χ0) is 18.2. The SMILES string of the molecule is CCNC(=O)CNC(=O)CN1CCC[C@@H]1c1cc(OC)ccc1OC. The lowest BCUT2D eigenvalue weighted by atomic mass is 10.0. The van der Waals surface area contributed by atoms with Crippen molar-refractivity contribution in [1.29, 1.82) is 0 Å². The van der Waals surface area contributed by atoms with Crippen LogP contribution >= 0.6 is 0 Å². The Kier molecular flexibility index (Phi) is 7.06. The van der Waals surface area contributed by atoms with E-state index >= 15 is 0 Å². The minimum absolute atomic E-state index is 0.00760. The van der Waals surface area contributed by atoms with Gasteiger partial charge in [0, 0.05) is 18.2 Å². The quantitative estimate of drug-likeness (QED) is 0.734. The fraction of sp³-hybridized carbons (Fsp3) is 0.556. The summed E-state index contributed by atoms with van der Waals surface area (Å²) in [5, 5.41) is 5.33. The number of carbonyl (C=O) groups is 2. The fourth-order valence-corrected chi connectivity index (χ4v) is 3.15.